The number of piperidine rings is 1. The lowest BCUT2D eigenvalue weighted by molar-refractivity contribution is -0.139. The van der Waals surface area contributed by atoms with Crippen LogP contribution in [0.5, 0.6) is 11.5 Å². The first-order valence-corrected chi connectivity index (χ1v) is 11.7. The van der Waals surface area contributed by atoms with Gasteiger partial charge in [0.25, 0.3) is 5.91 Å². The second kappa shape index (κ2) is 9.38. The van der Waals surface area contributed by atoms with E-state index in [0.29, 0.717) is 49.8 Å². The van der Waals surface area contributed by atoms with E-state index in [4.69, 9.17) is 9.47 Å². The minimum absolute atomic E-state index is 0.0369. The van der Waals surface area contributed by atoms with E-state index in [1.807, 2.05) is 11.8 Å². The molecule has 1 aromatic rings. The number of amides is 3. The van der Waals surface area contributed by atoms with Crippen molar-refractivity contribution in [3.05, 3.63) is 23.8 Å². The third-order valence-corrected chi connectivity index (χ3v) is 6.78. The number of methoxy groups -OCH3 is 1. The minimum Gasteiger partial charge on any atom is -0.497 e. The van der Waals surface area contributed by atoms with E-state index in [1.54, 1.807) is 42.0 Å². The van der Waals surface area contributed by atoms with Crippen LogP contribution in [0, 0.1) is 5.92 Å². The van der Waals surface area contributed by atoms with Crippen LogP contribution in [0.25, 0.3) is 0 Å². The molecule has 4 rings (SSSR count). The molecule has 0 spiro atoms. The highest BCUT2D eigenvalue weighted by atomic mass is 16.5. The molecule has 0 unspecified atom stereocenters. The molecular formula is C24H33N3O5. The molecule has 0 aromatic heterocycles. The van der Waals surface area contributed by atoms with Crippen LogP contribution in [0.1, 0.15) is 49.9 Å². The number of rotatable bonds is 6. The van der Waals surface area contributed by atoms with Crippen LogP contribution in [-0.4, -0.2) is 84.4 Å². The highest BCUT2D eigenvalue weighted by Gasteiger charge is 2.37. The van der Waals surface area contributed by atoms with Gasteiger partial charge in [0.1, 0.15) is 23.6 Å². The summed E-state index contributed by atoms with van der Waals surface area (Å²) in [5, 5.41) is 0. The van der Waals surface area contributed by atoms with Crippen molar-refractivity contribution in [3.63, 3.8) is 0 Å². The molecule has 3 aliphatic rings. The fourth-order valence-corrected chi connectivity index (χ4v) is 4.54. The lowest BCUT2D eigenvalue weighted by Crippen LogP contribution is -2.57. The summed E-state index contributed by atoms with van der Waals surface area (Å²) in [7, 11) is 1.56. The standard InChI is InChI=1S/C24H33N3O5/c1-4-25-13-14-27(16(2)22(25)28)24(30)20-15-19(31-3)7-8-21(20)32-18-9-11-26(12-10-18)23(29)17-5-6-17/h7-8,15-18H,4-6,9-14H2,1-3H3/t16-/m1/s1. The highest BCUT2D eigenvalue weighted by molar-refractivity contribution is 6.00. The summed E-state index contributed by atoms with van der Waals surface area (Å²) < 4.78 is 11.6. The fraction of sp³-hybridized carbons (Fsp3) is 0.625. The van der Waals surface area contributed by atoms with Crippen molar-refractivity contribution in [2.45, 2.75) is 51.7 Å². The first-order valence-electron chi connectivity index (χ1n) is 11.7. The van der Waals surface area contributed by atoms with Gasteiger partial charge in [-0.3, -0.25) is 14.4 Å². The SMILES string of the molecule is CCN1CCN(C(=O)c2cc(OC)ccc2OC2CCN(C(=O)C3CC3)CC2)[C@H](C)C1=O. The molecular weight excluding hydrogens is 410 g/mol. The summed E-state index contributed by atoms with van der Waals surface area (Å²) in [6, 6.07) is 4.71. The third-order valence-electron chi connectivity index (χ3n) is 6.78. The van der Waals surface area contributed by atoms with Crippen LogP contribution in [0.3, 0.4) is 0 Å². The number of carbonyl (C=O) groups excluding carboxylic acids is 3. The van der Waals surface area contributed by atoms with Crippen LogP contribution in [0.2, 0.25) is 0 Å². The van der Waals surface area contributed by atoms with Crippen LogP contribution >= 0.6 is 0 Å². The molecule has 1 atom stereocenters. The molecule has 0 N–H and O–H groups in total. The number of piperazine rings is 1. The van der Waals surface area contributed by atoms with E-state index in [-0.39, 0.29) is 29.7 Å². The Morgan fingerprint density at radius 3 is 2.41 bits per heavy atom. The minimum atomic E-state index is -0.521. The van der Waals surface area contributed by atoms with E-state index < -0.39 is 6.04 Å². The highest BCUT2D eigenvalue weighted by Crippen LogP contribution is 2.33. The van der Waals surface area contributed by atoms with Crippen LogP contribution in [0.4, 0.5) is 0 Å². The molecule has 3 fully saturated rings. The maximum atomic E-state index is 13.5. The Morgan fingerprint density at radius 2 is 1.78 bits per heavy atom. The van der Waals surface area contributed by atoms with E-state index in [2.05, 4.69) is 0 Å². The summed E-state index contributed by atoms with van der Waals surface area (Å²) in [6.45, 7) is 6.74. The lowest BCUT2D eigenvalue weighted by atomic mass is 10.1. The fourth-order valence-electron chi connectivity index (χ4n) is 4.54. The Bertz CT molecular complexity index is 876. The second-order valence-electron chi connectivity index (χ2n) is 8.87. The zero-order valence-corrected chi connectivity index (χ0v) is 19.2. The average Bonchev–Trinajstić information content (AvgIpc) is 3.66. The normalized spacial score (nSPS) is 22.2. The van der Waals surface area contributed by atoms with E-state index in [9.17, 15) is 14.4 Å². The number of benzene rings is 1. The molecule has 174 valence electrons. The van der Waals surface area contributed by atoms with Crippen molar-refractivity contribution in [1.82, 2.24) is 14.7 Å². The maximum Gasteiger partial charge on any atom is 0.258 e. The first-order chi connectivity index (χ1) is 15.4. The molecule has 8 nitrogen and oxygen atoms in total. The van der Waals surface area contributed by atoms with Crippen LogP contribution in [-0.2, 0) is 9.59 Å². The smallest absolute Gasteiger partial charge is 0.258 e. The van der Waals surface area contributed by atoms with Gasteiger partial charge in [-0.15, -0.1) is 0 Å². The van der Waals surface area contributed by atoms with Crippen molar-refractivity contribution in [2.24, 2.45) is 5.92 Å². The molecule has 1 aliphatic carbocycles. The van der Waals surface area contributed by atoms with Gasteiger partial charge in [-0.1, -0.05) is 0 Å². The first kappa shape index (κ1) is 22.4. The number of likely N-dealkylation sites (tertiary alicyclic amines) is 1. The summed E-state index contributed by atoms with van der Waals surface area (Å²) in [5.74, 6) is 1.31. The summed E-state index contributed by atoms with van der Waals surface area (Å²) in [5.41, 5.74) is 0.408. The molecule has 0 radical (unpaired) electrons. The van der Waals surface area contributed by atoms with Crippen molar-refractivity contribution in [1.29, 1.82) is 0 Å². The molecule has 3 amide bonds. The molecule has 2 saturated heterocycles. The van der Waals surface area contributed by atoms with Gasteiger partial charge >= 0.3 is 0 Å². The Morgan fingerprint density at radius 1 is 1.06 bits per heavy atom. The zero-order valence-electron chi connectivity index (χ0n) is 19.2. The van der Waals surface area contributed by atoms with Crippen molar-refractivity contribution in [2.75, 3.05) is 39.8 Å². The van der Waals surface area contributed by atoms with Gasteiger partial charge in [-0.2, -0.15) is 0 Å². The molecule has 32 heavy (non-hydrogen) atoms. The van der Waals surface area contributed by atoms with Crippen LogP contribution < -0.4 is 9.47 Å². The number of ether oxygens (including phenoxy) is 2. The maximum absolute atomic E-state index is 13.5. The van der Waals surface area contributed by atoms with Gasteiger partial charge in [0, 0.05) is 51.5 Å². The summed E-state index contributed by atoms with van der Waals surface area (Å²) >= 11 is 0. The Kier molecular flexibility index (Phi) is 6.58. The topological polar surface area (TPSA) is 79.4 Å². The van der Waals surface area contributed by atoms with Gasteiger partial charge < -0.3 is 24.2 Å². The third kappa shape index (κ3) is 4.54. The number of nitrogens with zero attached hydrogens (tertiary/aromatic N) is 3. The number of hydrogen-bond acceptors (Lipinski definition) is 5. The molecule has 2 aliphatic heterocycles. The van der Waals surface area contributed by atoms with Crippen molar-refractivity contribution in [3.8, 4) is 11.5 Å². The predicted octanol–water partition coefficient (Wildman–Crippen LogP) is 2.17. The van der Waals surface area contributed by atoms with Gasteiger partial charge in [0.15, 0.2) is 0 Å². The van der Waals surface area contributed by atoms with E-state index in [1.165, 1.54) is 0 Å². The average molecular weight is 444 g/mol. The molecule has 1 saturated carbocycles. The number of carbonyl (C=O) groups is 3. The Balaban J connectivity index is 1.47. The van der Waals surface area contributed by atoms with Crippen LogP contribution in [0.15, 0.2) is 18.2 Å². The van der Waals surface area contributed by atoms with Gasteiger partial charge in [0.2, 0.25) is 11.8 Å². The molecule has 2 heterocycles. The quantitative estimate of drug-likeness (QED) is 0.673. The van der Waals surface area contributed by atoms with Crippen molar-refractivity contribution < 1.29 is 23.9 Å². The van der Waals surface area contributed by atoms with E-state index >= 15 is 0 Å². The van der Waals surface area contributed by atoms with Crippen molar-refractivity contribution >= 4 is 17.7 Å². The van der Waals surface area contributed by atoms with Gasteiger partial charge in [-0.25, -0.2) is 0 Å². The molecule has 0 bridgehead atoms. The summed E-state index contributed by atoms with van der Waals surface area (Å²) in [6.07, 6.45) is 3.44. The van der Waals surface area contributed by atoms with Gasteiger partial charge in [-0.05, 0) is 44.9 Å². The second-order valence-corrected chi connectivity index (χ2v) is 8.87. The summed E-state index contributed by atoms with van der Waals surface area (Å²) in [4.78, 5) is 43.7. The Labute approximate surface area is 189 Å². The monoisotopic (exact) mass is 443 g/mol. The molecule has 1 aromatic carbocycles. The van der Waals surface area contributed by atoms with Gasteiger partial charge in [0.05, 0.1) is 12.7 Å². The predicted molar refractivity (Wildman–Crippen MR) is 119 cm³/mol. The number of likely N-dealkylation sites (N-methyl/N-ethyl adjacent to an activating group) is 1. The Hall–Kier alpha value is -2.77. The lowest BCUT2D eigenvalue weighted by Gasteiger charge is -2.39. The zero-order chi connectivity index (χ0) is 22.8. The van der Waals surface area contributed by atoms with E-state index in [0.717, 1.165) is 25.7 Å². The largest absolute Gasteiger partial charge is 0.497 e. The number of hydrogen-bond donors (Lipinski definition) is 0. The molecule has 8 heteroatoms.